The Labute approximate surface area is 360 Å². The van der Waals surface area contributed by atoms with Crippen molar-refractivity contribution in [1.29, 1.82) is 0 Å². The first-order valence-corrected chi connectivity index (χ1v) is 20.9. The number of aromatic hydroxyl groups is 1. The van der Waals surface area contributed by atoms with Crippen LogP contribution in [0.4, 0.5) is 0 Å². The second kappa shape index (κ2) is 15.1. The third kappa shape index (κ3) is 7.56. The van der Waals surface area contributed by atoms with Crippen LogP contribution >= 0.6 is 0 Å². The van der Waals surface area contributed by atoms with E-state index in [0.717, 1.165) is 78.0 Å². The molecule has 0 saturated carbocycles. The fourth-order valence-electron chi connectivity index (χ4n) is 8.26. The van der Waals surface area contributed by atoms with Crippen LogP contribution < -0.4 is 0 Å². The Balaban J connectivity index is 1.43. The van der Waals surface area contributed by atoms with Crippen LogP contribution in [-0.2, 0) is 16.2 Å². The minimum absolute atomic E-state index is 0.0550. The molecule has 0 radical (unpaired) electrons. The second-order valence-corrected chi connectivity index (χ2v) is 19.2. The van der Waals surface area contributed by atoms with Crippen molar-refractivity contribution in [2.75, 3.05) is 0 Å². The van der Waals surface area contributed by atoms with Crippen LogP contribution in [-0.4, -0.2) is 19.6 Å². The van der Waals surface area contributed by atoms with Crippen molar-refractivity contribution in [2.24, 2.45) is 0 Å². The number of hydrogen-bond donors (Lipinski definition) is 1. The summed E-state index contributed by atoms with van der Waals surface area (Å²) in [4.78, 5) is 10.5. The van der Waals surface area contributed by atoms with Gasteiger partial charge in [0.2, 0.25) is 0 Å². The van der Waals surface area contributed by atoms with Crippen molar-refractivity contribution in [1.82, 2.24) is 14.5 Å². The Morgan fingerprint density at radius 2 is 1.20 bits per heavy atom. The van der Waals surface area contributed by atoms with Crippen molar-refractivity contribution in [2.45, 2.75) is 92.4 Å². The van der Waals surface area contributed by atoms with E-state index >= 15 is 0 Å². The molecule has 0 fully saturated rings. The zero-order valence-corrected chi connectivity index (χ0v) is 36.8. The van der Waals surface area contributed by atoms with Crippen LogP contribution in [0.5, 0.6) is 5.75 Å². The average Bonchev–Trinajstić information content (AvgIpc) is 3.64. The zero-order chi connectivity index (χ0) is 45.3. The summed E-state index contributed by atoms with van der Waals surface area (Å²) in [5.41, 5.74) is 14.5. The highest BCUT2D eigenvalue weighted by molar-refractivity contribution is 5.98. The highest BCUT2D eigenvalue weighted by Gasteiger charge is 2.29. The van der Waals surface area contributed by atoms with E-state index in [0.29, 0.717) is 22.5 Å². The lowest BCUT2D eigenvalue weighted by Gasteiger charge is -2.27. The highest BCUT2D eigenvalue weighted by atomic mass is 16.3. The predicted octanol–water partition coefficient (Wildman–Crippen LogP) is 15.0. The molecule has 2 aromatic heterocycles. The van der Waals surface area contributed by atoms with Crippen LogP contribution in [0.15, 0.2) is 140 Å². The van der Waals surface area contributed by atoms with Crippen molar-refractivity contribution in [3.8, 4) is 67.5 Å². The van der Waals surface area contributed by atoms with E-state index in [4.69, 9.17) is 14.1 Å². The zero-order valence-electron chi connectivity index (χ0n) is 39.8. The molecule has 0 bridgehead atoms. The largest absolute Gasteiger partial charge is 0.507 e. The molecule has 4 heteroatoms. The van der Waals surface area contributed by atoms with Crippen LogP contribution in [0.2, 0.25) is 0 Å². The van der Waals surface area contributed by atoms with Gasteiger partial charge >= 0.3 is 0 Å². The Kier molecular flexibility index (Phi) is 9.25. The van der Waals surface area contributed by atoms with E-state index in [-0.39, 0.29) is 40.1 Å². The number of nitrogens with zero attached hydrogens (tertiary/aromatic N) is 3. The summed E-state index contributed by atoms with van der Waals surface area (Å²) in [5.74, 6) is 0.884. The molecule has 4 nitrogen and oxygen atoms in total. The van der Waals surface area contributed by atoms with Gasteiger partial charge in [-0.25, -0.2) is 4.98 Å². The second-order valence-electron chi connectivity index (χ2n) is 19.2. The normalized spacial score (nSPS) is 13.0. The van der Waals surface area contributed by atoms with Gasteiger partial charge in [-0.15, -0.1) is 0 Å². The number of phenols is 1. The van der Waals surface area contributed by atoms with Crippen LogP contribution in [0.1, 0.15) is 94.2 Å². The molecule has 0 spiro atoms. The minimum Gasteiger partial charge on any atom is -0.507 e. The SMILES string of the molecule is [2H]c1c([2H])c(C)c(-c2ccnc(-c3cc(-c4cccc5c4nc(-c4cc(C(C)(C)C)cc(C(C)(C)C)c4O)n5-c4ccccc4-c4ccccc4)cc(C(C)(C)C)c3)c2)c(C)c1[2H]. The molecule has 0 aliphatic heterocycles. The maximum absolute atomic E-state index is 12.4. The quantitative estimate of drug-likeness (QED) is 0.182. The standard InChI is InChI=1S/C56H57N3O/c1-35-19-17-20-36(2)50(35)38-27-28-57-47(32-38)40-29-39(30-41(31-40)54(3,4)5)44-24-18-26-49-51(44)58-53(45-33-42(55(6,7)8)34-46(52(45)60)56(9,10)11)59(49)48-25-16-15-23-43(48)37-21-13-12-14-22-37/h12-34,60H,1-11H3/i17D,19D,20D. The molecule has 0 aliphatic carbocycles. The fourth-order valence-corrected chi connectivity index (χ4v) is 8.26. The Bertz CT molecular complexity index is 3040. The van der Waals surface area contributed by atoms with Gasteiger partial charge in [0.15, 0.2) is 0 Å². The first-order valence-electron chi connectivity index (χ1n) is 22.4. The highest BCUT2D eigenvalue weighted by Crippen LogP contribution is 2.46. The molecule has 8 aromatic rings. The van der Waals surface area contributed by atoms with E-state index in [1.54, 1.807) is 6.20 Å². The molecule has 0 saturated heterocycles. The van der Waals surface area contributed by atoms with Crippen molar-refractivity contribution < 1.29 is 9.22 Å². The molecular weight excluding hydrogens is 731 g/mol. The Morgan fingerprint density at radius 3 is 1.88 bits per heavy atom. The van der Waals surface area contributed by atoms with E-state index in [9.17, 15) is 5.11 Å². The molecule has 0 aliphatic rings. The van der Waals surface area contributed by atoms with Gasteiger partial charge in [0.1, 0.15) is 11.6 Å². The summed E-state index contributed by atoms with van der Waals surface area (Å²) < 4.78 is 27.8. The maximum atomic E-state index is 12.4. The van der Waals surface area contributed by atoms with Gasteiger partial charge in [-0.05, 0) is 117 Å². The van der Waals surface area contributed by atoms with E-state index in [1.807, 2.05) is 32.0 Å². The lowest BCUT2D eigenvalue weighted by molar-refractivity contribution is 0.446. The summed E-state index contributed by atoms with van der Waals surface area (Å²) >= 11 is 0. The number of rotatable bonds is 6. The Morgan fingerprint density at radius 1 is 0.567 bits per heavy atom. The predicted molar refractivity (Wildman–Crippen MR) is 253 cm³/mol. The molecule has 2 heterocycles. The number of imidazole rings is 1. The van der Waals surface area contributed by atoms with Gasteiger partial charge < -0.3 is 5.11 Å². The van der Waals surface area contributed by atoms with E-state index < -0.39 is 0 Å². The number of benzene rings is 6. The van der Waals surface area contributed by atoms with Gasteiger partial charge in [-0.3, -0.25) is 9.55 Å². The number of pyridine rings is 1. The van der Waals surface area contributed by atoms with E-state index in [2.05, 4.69) is 164 Å². The summed E-state index contributed by atoms with van der Waals surface area (Å²) in [6, 6.07) is 40.2. The van der Waals surface area contributed by atoms with Gasteiger partial charge in [0.05, 0.1) is 32.1 Å². The number of phenolic OH excluding ortho intramolecular Hbond substituents is 1. The molecule has 0 atom stereocenters. The number of fused-ring (bicyclic) bond motifs is 1. The number of hydrogen-bond acceptors (Lipinski definition) is 3. The lowest BCUT2D eigenvalue weighted by atomic mass is 9.79. The monoisotopic (exact) mass is 790 g/mol. The van der Waals surface area contributed by atoms with Crippen LogP contribution in [0, 0.1) is 13.8 Å². The molecule has 0 unspecified atom stereocenters. The van der Waals surface area contributed by atoms with Gasteiger partial charge in [-0.2, -0.15) is 0 Å². The maximum Gasteiger partial charge on any atom is 0.149 e. The summed E-state index contributed by atoms with van der Waals surface area (Å²) in [7, 11) is 0. The van der Waals surface area contributed by atoms with Gasteiger partial charge in [0.25, 0.3) is 0 Å². The molecule has 8 rings (SSSR count). The van der Waals surface area contributed by atoms with Crippen molar-refractivity contribution >= 4 is 11.0 Å². The smallest absolute Gasteiger partial charge is 0.149 e. The lowest BCUT2D eigenvalue weighted by Crippen LogP contribution is -2.17. The topological polar surface area (TPSA) is 50.9 Å². The first-order chi connectivity index (χ1) is 29.6. The molecule has 6 aromatic carbocycles. The van der Waals surface area contributed by atoms with Crippen molar-refractivity contribution in [3.63, 3.8) is 0 Å². The third-order valence-corrected chi connectivity index (χ3v) is 11.6. The molecular formula is C56H57N3O. The molecule has 0 amide bonds. The summed E-state index contributed by atoms with van der Waals surface area (Å²) in [6.07, 6.45) is 1.79. The van der Waals surface area contributed by atoms with E-state index in [1.165, 1.54) is 0 Å². The number of para-hydroxylation sites is 2. The molecule has 1 N–H and O–H groups in total. The van der Waals surface area contributed by atoms with Crippen LogP contribution in [0.3, 0.4) is 0 Å². The Hall–Kier alpha value is -6.26. The minimum atomic E-state index is -0.339. The van der Waals surface area contributed by atoms with Crippen molar-refractivity contribution in [3.05, 3.63) is 167 Å². The fraction of sp³-hybridized carbons (Fsp3) is 0.250. The number of aromatic nitrogens is 3. The first kappa shape index (κ1) is 36.8. The third-order valence-electron chi connectivity index (χ3n) is 11.6. The molecule has 60 heavy (non-hydrogen) atoms. The summed E-state index contributed by atoms with van der Waals surface area (Å²) in [5, 5.41) is 12.4. The van der Waals surface area contributed by atoms with Gasteiger partial charge in [0, 0.05) is 28.5 Å². The molecule has 302 valence electrons. The average molecular weight is 791 g/mol. The summed E-state index contributed by atoms with van der Waals surface area (Å²) in [6.45, 7) is 23.4. The van der Waals surface area contributed by atoms with Gasteiger partial charge in [-0.1, -0.05) is 153 Å². The van der Waals surface area contributed by atoms with Crippen LogP contribution in [0.25, 0.3) is 72.7 Å².